The Kier molecular flexibility index (Phi) is 8.80. The lowest BCUT2D eigenvalue weighted by molar-refractivity contribution is -0.138. The van der Waals surface area contributed by atoms with Crippen molar-refractivity contribution in [2.24, 2.45) is 4.99 Å². The van der Waals surface area contributed by atoms with Crippen LogP contribution in [0.4, 0.5) is 0 Å². The van der Waals surface area contributed by atoms with Gasteiger partial charge in [-0.25, -0.2) is 9.79 Å². The summed E-state index contributed by atoms with van der Waals surface area (Å²) >= 11 is 10.9. The molecule has 5 aromatic rings. The molecule has 0 saturated heterocycles. The lowest BCUT2D eigenvalue weighted by Gasteiger charge is -2.26. The van der Waals surface area contributed by atoms with E-state index in [4.69, 9.17) is 35.2 Å². The number of methoxy groups -OCH3 is 2. The van der Waals surface area contributed by atoms with E-state index < -0.39 is 12.0 Å². The van der Waals surface area contributed by atoms with Crippen molar-refractivity contribution in [3.8, 4) is 22.8 Å². The molecule has 0 saturated carbocycles. The van der Waals surface area contributed by atoms with Gasteiger partial charge in [-0.3, -0.25) is 9.36 Å². The van der Waals surface area contributed by atoms with Crippen molar-refractivity contribution in [3.63, 3.8) is 0 Å². The molecule has 0 N–H and O–H groups in total. The third-order valence-electron chi connectivity index (χ3n) is 7.20. The molecule has 0 aliphatic carbocycles. The van der Waals surface area contributed by atoms with Gasteiger partial charge in [-0.2, -0.15) is 0 Å². The molecule has 1 atom stereocenters. The maximum absolute atomic E-state index is 14.2. The molecule has 0 amide bonds. The summed E-state index contributed by atoms with van der Waals surface area (Å²) in [5.74, 6) is 1.47. The number of hydrogen-bond donors (Lipinski definition) is 0. The van der Waals surface area contributed by atoms with Gasteiger partial charge in [-0.05, 0) is 64.8 Å². The summed E-state index contributed by atoms with van der Waals surface area (Å²) in [4.78, 5) is 33.2. The monoisotopic (exact) mass is 704 g/mol. The fourth-order valence-electron chi connectivity index (χ4n) is 5.14. The Balaban J connectivity index is 1.57. The number of nitrogens with zero attached hydrogens (tertiary/aromatic N) is 2. The van der Waals surface area contributed by atoms with Crippen LogP contribution in [-0.4, -0.2) is 31.4 Å². The van der Waals surface area contributed by atoms with Crippen LogP contribution in [0.25, 0.3) is 23.1 Å². The first-order chi connectivity index (χ1) is 21.8. The number of benzene rings is 3. The van der Waals surface area contributed by atoms with Crippen LogP contribution in [0.3, 0.4) is 0 Å². The average Bonchev–Trinajstić information content (AvgIpc) is 3.65. The van der Waals surface area contributed by atoms with Gasteiger partial charge in [0, 0.05) is 21.7 Å². The summed E-state index contributed by atoms with van der Waals surface area (Å²) in [5, 5.41) is 0.556. The van der Waals surface area contributed by atoms with E-state index >= 15 is 0 Å². The zero-order chi connectivity index (χ0) is 31.7. The van der Waals surface area contributed by atoms with Crippen LogP contribution < -0.4 is 24.4 Å². The standard InChI is InChI=1S/C34H26BrClN2O6S/c1-4-43-33(40)29-30(19-8-6-5-7-9-19)37-34-38(31(29)21-11-14-26(41-2)27(17-21)42-3)32(39)28(45-34)18-22-12-15-25(44-22)20-10-13-23(35)24(36)16-20/h5-18,31H,4H2,1-3H3/b28-18-/t31-/m1/s1. The molecule has 45 heavy (non-hydrogen) atoms. The van der Waals surface area contributed by atoms with Crippen molar-refractivity contribution in [3.05, 3.63) is 131 Å². The molecule has 228 valence electrons. The van der Waals surface area contributed by atoms with E-state index in [1.54, 1.807) is 50.4 Å². The number of ether oxygens (including phenoxy) is 3. The molecule has 8 nitrogen and oxygen atoms in total. The van der Waals surface area contributed by atoms with Gasteiger partial charge < -0.3 is 18.6 Å². The Morgan fingerprint density at radius 2 is 1.80 bits per heavy atom. The van der Waals surface area contributed by atoms with E-state index in [0.29, 0.717) is 54.2 Å². The minimum Gasteiger partial charge on any atom is -0.493 e. The van der Waals surface area contributed by atoms with Crippen LogP contribution in [0.1, 0.15) is 29.9 Å². The van der Waals surface area contributed by atoms with Gasteiger partial charge in [-0.1, -0.05) is 65.4 Å². The molecular weight excluding hydrogens is 680 g/mol. The Morgan fingerprint density at radius 3 is 2.51 bits per heavy atom. The molecule has 11 heteroatoms. The normalized spacial score (nSPS) is 14.6. The summed E-state index contributed by atoms with van der Waals surface area (Å²) in [6, 6.07) is 22.9. The van der Waals surface area contributed by atoms with Gasteiger partial charge in [0.15, 0.2) is 16.3 Å². The maximum atomic E-state index is 14.2. The topological polar surface area (TPSA) is 92.3 Å². The minimum absolute atomic E-state index is 0.151. The van der Waals surface area contributed by atoms with E-state index in [9.17, 15) is 9.59 Å². The molecule has 2 aromatic heterocycles. The number of carbonyl (C=O) groups is 1. The molecule has 0 fully saturated rings. The quantitative estimate of drug-likeness (QED) is 0.169. The van der Waals surface area contributed by atoms with Crippen LogP contribution >= 0.6 is 38.9 Å². The summed E-state index contributed by atoms with van der Waals surface area (Å²) in [7, 11) is 3.08. The van der Waals surface area contributed by atoms with E-state index in [1.165, 1.54) is 23.0 Å². The first-order valence-electron chi connectivity index (χ1n) is 13.9. The fourth-order valence-corrected chi connectivity index (χ4v) is 6.55. The van der Waals surface area contributed by atoms with E-state index in [2.05, 4.69) is 15.9 Å². The van der Waals surface area contributed by atoms with Crippen LogP contribution in [0.15, 0.2) is 103 Å². The Labute approximate surface area is 275 Å². The second kappa shape index (κ2) is 12.9. The second-order valence-corrected chi connectivity index (χ2v) is 12.1. The summed E-state index contributed by atoms with van der Waals surface area (Å²) < 4.78 is 25.4. The van der Waals surface area contributed by atoms with Gasteiger partial charge >= 0.3 is 5.97 Å². The van der Waals surface area contributed by atoms with Crippen LogP contribution in [0.2, 0.25) is 5.02 Å². The van der Waals surface area contributed by atoms with Gasteiger partial charge in [-0.15, -0.1) is 0 Å². The summed E-state index contributed by atoms with van der Waals surface area (Å²) in [6.07, 6.45) is 1.68. The van der Waals surface area contributed by atoms with E-state index in [-0.39, 0.29) is 17.7 Å². The highest BCUT2D eigenvalue weighted by Gasteiger charge is 2.35. The summed E-state index contributed by atoms with van der Waals surface area (Å²) in [5.41, 5.74) is 2.46. The Morgan fingerprint density at radius 1 is 1.02 bits per heavy atom. The van der Waals surface area contributed by atoms with Crippen LogP contribution in [0.5, 0.6) is 11.5 Å². The highest BCUT2D eigenvalue weighted by Crippen LogP contribution is 2.38. The number of thiazole rings is 1. The minimum atomic E-state index is -0.866. The fraction of sp³-hybridized carbons (Fsp3) is 0.147. The first kappa shape index (κ1) is 30.6. The zero-order valence-corrected chi connectivity index (χ0v) is 27.5. The van der Waals surface area contributed by atoms with Gasteiger partial charge in [0.05, 0.1) is 47.7 Å². The molecular formula is C34H26BrClN2O6S. The van der Waals surface area contributed by atoms with Crippen LogP contribution in [-0.2, 0) is 9.53 Å². The van der Waals surface area contributed by atoms with Crippen molar-refractivity contribution in [1.82, 2.24) is 4.57 Å². The lowest BCUT2D eigenvalue weighted by Crippen LogP contribution is -2.40. The SMILES string of the molecule is CCOC(=O)C1=C(c2ccccc2)N=c2s/c(=C\c3ccc(-c4ccc(Br)c(Cl)c4)o3)c(=O)n2[C@@H]1c1ccc(OC)c(OC)c1. The van der Waals surface area contributed by atoms with Gasteiger partial charge in [0.25, 0.3) is 5.56 Å². The number of fused-ring (bicyclic) bond motifs is 1. The van der Waals surface area contributed by atoms with Gasteiger partial charge in [0.2, 0.25) is 0 Å². The third kappa shape index (κ3) is 5.88. The maximum Gasteiger partial charge on any atom is 0.338 e. The van der Waals surface area contributed by atoms with Crippen molar-refractivity contribution in [2.75, 3.05) is 20.8 Å². The van der Waals surface area contributed by atoms with E-state index in [1.807, 2.05) is 48.5 Å². The molecule has 3 heterocycles. The van der Waals surface area contributed by atoms with Crippen LogP contribution in [0, 0.1) is 0 Å². The molecule has 0 bridgehead atoms. The first-order valence-corrected chi connectivity index (χ1v) is 15.9. The number of carbonyl (C=O) groups excluding carboxylic acids is 1. The Bertz CT molecular complexity index is 2130. The third-order valence-corrected chi connectivity index (χ3v) is 9.42. The molecule has 0 spiro atoms. The molecule has 0 radical (unpaired) electrons. The average molecular weight is 706 g/mol. The molecule has 3 aromatic carbocycles. The smallest absolute Gasteiger partial charge is 0.338 e. The predicted molar refractivity (Wildman–Crippen MR) is 177 cm³/mol. The van der Waals surface area contributed by atoms with E-state index in [0.717, 1.165) is 10.0 Å². The number of hydrogen-bond acceptors (Lipinski definition) is 8. The summed E-state index contributed by atoms with van der Waals surface area (Å²) in [6.45, 7) is 1.89. The van der Waals surface area contributed by atoms with Crippen molar-refractivity contribution in [1.29, 1.82) is 0 Å². The highest BCUT2D eigenvalue weighted by molar-refractivity contribution is 9.10. The molecule has 1 aliphatic heterocycles. The number of aromatic nitrogens is 1. The Hall–Kier alpha value is -4.38. The highest BCUT2D eigenvalue weighted by atomic mass is 79.9. The predicted octanol–water partition coefficient (Wildman–Crippen LogP) is 6.63. The van der Waals surface area contributed by atoms with Crippen molar-refractivity contribution >= 4 is 56.6 Å². The molecule has 6 rings (SSSR count). The lowest BCUT2D eigenvalue weighted by atomic mass is 9.93. The van der Waals surface area contributed by atoms with Crippen molar-refractivity contribution < 1.29 is 23.4 Å². The largest absolute Gasteiger partial charge is 0.493 e. The second-order valence-electron chi connectivity index (χ2n) is 9.88. The number of rotatable bonds is 8. The van der Waals surface area contributed by atoms with Gasteiger partial charge in [0.1, 0.15) is 11.5 Å². The molecule has 1 aliphatic rings. The number of esters is 1. The molecule has 0 unspecified atom stereocenters. The number of halogens is 2. The zero-order valence-electron chi connectivity index (χ0n) is 24.4. The van der Waals surface area contributed by atoms with Crippen molar-refractivity contribution in [2.45, 2.75) is 13.0 Å². The number of furan rings is 1.